The molecule has 0 saturated heterocycles. The van der Waals surface area contributed by atoms with Gasteiger partial charge in [-0.05, 0) is 31.4 Å². The second-order valence-corrected chi connectivity index (χ2v) is 4.59. The largest absolute Gasteiger partial charge is 0.319 e. The lowest BCUT2D eigenvalue weighted by Gasteiger charge is -2.08. The summed E-state index contributed by atoms with van der Waals surface area (Å²) in [5, 5.41) is 6.26. The number of fused-ring (bicyclic) bond motifs is 1. The fourth-order valence-electron chi connectivity index (χ4n) is 1.90. The van der Waals surface area contributed by atoms with Gasteiger partial charge in [-0.1, -0.05) is 11.6 Å². The van der Waals surface area contributed by atoms with Crippen LogP contribution in [0.3, 0.4) is 0 Å². The molecule has 0 fully saturated rings. The highest BCUT2D eigenvalue weighted by molar-refractivity contribution is 7.10. The smallest absolute Gasteiger partial charge is 0.0551 e. The van der Waals surface area contributed by atoms with Crippen molar-refractivity contribution in [3.63, 3.8) is 0 Å². The van der Waals surface area contributed by atoms with Crippen molar-refractivity contribution in [1.82, 2.24) is 5.32 Å². The van der Waals surface area contributed by atoms with Crippen LogP contribution in [0.15, 0.2) is 5.38 Å². The quantitative estimate of drug-likeness (QED) is 0.776. The van der Waals surface area contributed by atoms with Gasteiger partial charge >= 0.3 is 0 Å². The van der Waals surface area contributed by atoms with Crippen LogP contribution in [0.4, 0.5) is 0 Å². The highest BCUT2D eigenvalue weighted by Gasteiger charge is 2.25. The summed E-state index contributed by atoms with van der Waals surface area (Å²) in [7, 11) is 2.00. The zero-order chi connectivity index (χ0) is 8.55. The average molecular weight is 202 g/mol. The summed E-state index contributed by atoms with van der Waals surface area (Å²) in [5.74, 6) is 0.656. The molecule has 12 heavy (non-hydrogen) atoms. The Morgan fingerprint density at radius 3 is 3.33 bits per heavy atom. The number of likely N-dealkylation sites (N-methyl/N-ethyl adjacent to an activating group) is 1. The van der Waals surface area contributed by atoms with Gasteiger partial charge < -0.3 is 5.32 Å². The molecule has 1 atom stereocenters. The fourth-order valence-corrected chi connectivity index (χ4v) is 3.37. The lowest BCUT2D eigenvalue weighted by Crippen LogP contribution is -2.15. The molecule has 1 aliphatic carbocycles. The maximum Gasteiger partial charge on any atom is 0.0551 e. The number of rotatable bonds is 2. The fraction of sp³-hybridized carbons (Fsp3) is 0.556. The molecule has 2 rings (SSSR count). The van der Waals surface area contributed by atoms with E-state index in [1.54, 1.807) is 0 Å². The van der Waals surface area contributed by atoms with E-state index in [4.69, 9.17) is 11.6 Å². The second-order valence-electron chi connectivity index (χ2n) is 3.21. The van der Waals surface area contributed by atoms with Crippen molar-refractivity contribution in [2.24, 2.45) is 0 Å². The summed E-state index contributed by atoms with van der Waals surface area (Å²) < 4.78 is 0. The van der Waals surface area contributed by atoms with E-state index in [1.807, 2.05) is 18.4 Å². The van der Waals surface area contributed by atoms with E-state index in [0.29, 0.717) is 5.92 Å². The van der Waals surface area contributed by atoms with E-state index < -0.39 is 0 Å². The topological polar surface area (TPSA) is 12.0 Å². The molecule has 1 aromatic heterocycles. The minimum Gasteiger partial charge on any atom is -0.319 e. The summed E-state index contributed by atoms with van der Waals surface area (Å²) in [6.07, 6.45) is 2.49. The third kappa shape index (κ3) is 1.28. The van der Waals surface area contributed by atoms with Gasteiger partial charge in [0, 0.05) is 16.8 Å². The Hall–Kier alpha value is -0.0500. The summed E-state index contributed by atoms with van der Waals surface area (Å²) in [5.41, 5.74) is 1.41. The first-order chi connectivity index (χ1) is 5.83. The highest BCUT2D eigenvalue weighted by Crippen LogP contribution is 2.41. The van der Waals surface area contributed by atoms with Crippen molar-refractivity contribution in [2.75, 3.05) is 13.6 Å². The average Bonchev–Trinajstić information content (AvgIpc) is 2.58. The molecule has 0 amide bonds. The molecule has 1 N–H and O–H groups in total. The van der Waals surface area contributed by atoms with Gasteiger partial charge in [0.05, 0.1) is 5.02 Å². The van der Waals surface area contributed by atoms with Crippen LogP contribution in [0.25, 0.3) is 0 Å². The molecule has 1 heterocycles. The monoisotopic (exact) mass is 201 g/mol. The summed E-state index contributed by atoms with van der Waals surface area (Å²) in [6, 6.07) is 0. The first-order valence-electron chi connectivity index (χ1n) is 4.23. The van der Waals surface area contributed by atoms with Gasteiger partial charge in [0.2, 0.25) is 0 Å². The molecule has 0 spiro atoms. The molecule has 0 aliphatic heterocycles. The van der Waals surface area contributed by atoms with Crippen molar-refractivity contribution >= 4 is 22.9 Å². The molecule has 1 aromatic rings. The van der Waals surface area contributed by atoms with Gasteiger partial charge in [-0.3, -0.25) is 0 Å². The standard InChI is InChI=1S/C9H12ClNS/c1-11-4-6-2-3-8-9(6)7(10)5-12-8/h5-6,11H,2-4H2,1H3. The van der Waals surface area contributed by atoms with E-state index in [9.17, 15) is 0 Å². The van der Waals surface area contributed by atoms with Crippen LogP contribution in [-0.2, 0) is 6.42 Å². The number of nitrogens with one attached hydrogen (secondary N) is 1. The number of hydrogen-bond acceptors (Lipinski definition) is 2. The summed E-state index contributed by atoms with van der Waals surface area (Å²) >= 11 is 7.91. The van der Waals surface area contributed by atoms with Crippen LogP contribution in [0.5, 0.6) is 0 Å². The Morgan fingerprint density at radius 2 is 2.58 bits per heavy atom. The third-order valence-electron chi connectivity index (χ3n) is 2.44. The normalized spacial score (nSPS) is 21.3. The zero-order valence-electron chi connectivity index (χ0n) is 7.06. The Kier molecular flexibility index (Phi) is 2.40. The Bertz CT molecular complexity index is 282. The lowest BCUT2D eigenvalue weighted by molar-refractivity contribution is 0.623. The van der Waals surface area contributed by atoms with E-state index in [-0.39, 0.29) is 0 Å². The molecule has 3 heteroatoms. The molecule has 0 saturated carbocycles. The number of hydrogen-bond donors (Lipinski definition) is 1. The minimum atomic E-state index is 0.656. The molecular formula is C9H12ClNS. The second kappa shape index (κ2) is 3.36. The molecular weight excluding hydrogens is 190 g/mol. The number of thiophene rings is 1. The van der Waals surface area contributed by atoms with Crippen LogP contribution in [0.1, 0.15) is 22.8 Å². The first kappa shape index (κ1) is 8.54. The number of halogens is 1. The Morgan fingerprint density at radius 1 is 1.75 bits per heavy atom. The van der Waals surface area contributed by atoms with Crippen molar-refractivity contribution in [3.05, 3.63) is 20.8 Å². The van der Waals surface area contributed by atoms with Crippen molar-refractivity contribution < 1.29 is 0 Å². The summed E-state index contributed by atoms with van der Waals surface area (Å²) in [4.78, 5) is 1.50. The van der Waals surface area contributed by atoms with Gasteiger partial charge in [-0.15, -0.1) is 11.3 Å². The lowest BCUT2D eigenvalue weighted by atomic mass is 10.0. The van der Waals surface area contributed by atoms with Gasteiger partial charge in [0.25, 0.3) is 0 Å². The van der Waals surface area contributed by atoms with Crippen LogP contribution < -0.4 is 5.32 Å². The third-order valence-corrected chi connectivity index (χ3v) is 3.95. The Labute approximate surface area is 81.7 Å². The molecule has 1 aliphatic rings. The molecule has 1 unspecified atom stereocenters. The van der Waals surface area contributed by atoms with Crippen LogP contribution in [0, 0.1) is 0 Å². The van der Waals surface area contributed by atoms with Crippen molar-refractivity contribution in [3.8, 4) is 0 Å². The predicted octanol–water partition coefficient (Wildman–Crippen LogP) is 2.65. The van der Waals surface area contributed by atoms with Gasteiger partial charge in [-0.25, -0.2) is 0 Å². The maximum absolute atomic E-state index is 6.10. The minimum absolute atomic E-state index is 0.656. The SMILES string of the molecule is CNCC1CCc2scc(Cl)c21. The molecule has 0 radical (unpaired) electrons. The van der Waals surface area contributed by atoms with Gasteiger partial charge in [0.15, 0.2) is 0 Å². The number of aryl methyl sites for hydroxylation is 1. The highest BCUT2D eigenvalue weighted by atomic mass is 35.5. The molecule has 1 nitrogen and oxygen atoms in total. The molecule has 0 aromatic carbocycles. The predicted molar refractivity (Wildman–Crippen MR) is 54.3 cm³/mol. The van der Waals surface area contributed by atoms with E-state index in [2.05, 4.69) is 10.7 Å². The van der Waals surface area contributed by atoms with Gasteiger partial charge in [-0.2, -0.15) is 0 Å². The van der Waals surface area contributed by atoms with Crippen LogP contribution >= 0.6 is 22.9 Å². The van der Waals surface area contributed by atoms with Gasteiger partial charge in [0.1, 0.15) is 0 Å². The Balaban J connectivity index is 2.27. The van der Waals surface area contributed by atoms with E-state index in [1.165, 1.54) is 23.3 Å². The molecule has 66 valence electrons. The van der Waals surface area contributed by atoms with E-state index in [0.717, 1.165) is 11.6 Å². The van der Waals surface area contributed by atoms with Crippen molar-refractivity contribution in [2.45, 2.75) is 18.8 Å². The van der Waals surface area contributed by atoms with Crippen molar-refractivity contribution in [1.29, 1.82) is 0 Å². The van der Waals surface area contributed by atoms with Crippen LogP contribution in [-0.4, -0.2) is 13.6 Å². The molecule has 0 bridgehead atoms. The van der Waals surface area contributed by atoms with Crippen LogP contribution in [0.2, 0.25) is 5.02 Å². The zero-order valence-corrected chi connectivity index (χ0v) is 8.63. The first-order valence-corrected chi connectivity index (χ1v) is 5.49. The van der Waals surface area contributed by atoms with E-state index >= 15 is 0 Å². The summed E-state index contributed by atoms with van der Waals surface area (Å²) in [6.45, 7) is 1.06. The maximum atomic E-state index is 6.10.